The van der Waals surface area contributed by atoms with Crippen LogP contribution in [0.5, 0.6) is 0 Å². The molecule has 3 aromatic rings. The second-order valence-corrected chi connectivity index (χ2v) is 11.9. The molecule has 1 atom stereocenters. The van der Waals surface area contributed by atoms with Crippen molar-refractivity contribution >= 4 is 28.3 Å². The van der Waals surface area contributed by atoms with Crippen LogP contribution in [0.2, 0.25) is 0 Å². The molecule has 1 unspecified atom stereocenters. The Kier molecular flexibility index (Phi) is 9.44. The third-order valence-electron chi connectivity index (χ3n) is 7.55. The van der Waals surface area contributed by atoms with Gasteiger partial charge in [-0.1, -0.05) is 12.0 Å². The fourth-order valence-corrected chi connectivity index (χ4v) is 5.84. The van der Waals surface area contributed by atoms with Gasteiger partial charge in [0.15, 0.2) is 0 Å². The van der Waals surface area contributed by atoms with Gasteiger partial charge in [0.25, 0.3) is 5.91 Å². The van der Waals surface area contributed by atoms with E-state index < -0.39 is 28.8 Å². The summed E-state index contributed by atoms with van der Waals surface area (Å²) in [6, 6.07) is 9.35. The Bertz CT molecular complexity index is 1570. The topological polar surface area (TPSA) is 87.7 Å². The molecule has 5 rings (SSSR count). The zero-order valence-corrected chi connectivity index (χ0v) is 24.7. The number of morpholine rings is 1. The van der Waals surface area contributed by atoms with Gasteiger partial charge >= 0.3 is 6.18 Å². The molecule has 2 saturated heterocycles. The van der Waals surface area contributed by atoms with E-state index in [4.69, 9.17) is 9.72 Å². The molecule has 2 aromatic heterocycles. The van der Waals surface area contributed by atoms with E-state index in [1.54, 1.807) is 24.6 Å². The van der Waals surface area contributed by atoms with Gasteiger partial charge in [-0.2, -0.15) is 13.2 Å². The summed E-state index contributed by atoms with van der Waals surface area (Å²) in [5.74, 6) is 6.23. The van der Waals surface area contributed by atoms with Crippen molar-refractivity contribution in [2.45, 2.75) is 25.9 Å². The minimum atomic E-state index is -4.65. The summed E-state index contributed by atoms with van der Waals surface area (Å²) in [5, 5.41) is 2.70. The Morgan fingerprint density at radius 1 is 1.07 bits per heavy atom. The molecule has 226 valence electrons. The normalized spacial score (nSPS) is 17.2. The number of nitrogens with one attached hydrogen (secondary N) is 1. The number of ether oxygens (including phenoxy) is 1. The van der Waals surface area contributed by atoms with Crippen LogP contribution in [-0.2, 0) is 21.9 Å². The third-order valence-corrected chi connectivity index (χ3v) is 8.64. The first-order valence-corrected chi connectivity index (χ1v) is 15.5. The Morgan fingerprint density at radius 3 is 2.51 bits per heavy atom. The minimum absolute atomic E-state index is 0.141. The standard InChI is InChI=1S/C31H32F3N5O3S/c1-21-3-5-25(37-30(40)23-7-10-35-29(18-23)31(32,33)34)19-26(21)24-17-28(38-13-15-42-16-14-38)27(36-20-24)6-4-22-8-11-39(12-9-22)43(2)41/h3,5,7,10,17-20,22H,8-9,11-16H2,1-2H3,(H,37,40). The van der Waals surface area contributed by atoms with Crippen molar-refractivity contribution in [1.82, 2.24) is 14.3 Å². The molecule has 8 nitrogen and oxygen atoms in total. The lowest BCUT2D eigenvalue weighted by Crippen LogP contribution is -2.36. The SMILES string of the molecule is Cc1ccc(NC(=O)c2ccnc(C(F)(F)F)c2)cc1-c1cnc(C#CC2CCN(S(C)=O)CC2)c(N2CCOCC2)c1. The first kappa shape index (κ1) is 30.7. The molecular formula is C31H32F3N5O3S. The average Bonchev–Trinajstić information content (AvgIpc) is 3.01. The quantitative estimate of drug-likeness (QED) is 0.413. The van der Waals surface area contributed by atoms with Gasteiger partial charge in [0.2, 0.25) is 0 Å². The lowest BCUT2D eigenvalue weighted by molar-refractivity contribution is -0.141. The lowest BCUT2D eigenvalue weighted by Gasteiger charge is -2.30. The molecule has 1 aromatic carbocycles. The van der Waals surface area contributed by atoms with E-state index in [2.05, 4.69) is 27.0 Å². The molecule has 1 N–H and O–H groups in total. The molecule has 0 spiro atoms. The highest BCUT2D eigenvalue weighted by Crippen LogP contribution is 2.32. The van der Waals surface area contributed by atoms with Crippen LogP contribution < -0.4 is 10.2 Å². The van der Waals surface area contributed by atoms with Crippen LogP contribution in [0.3, 0.4) is 0 Å². The number of rotatable bonds is 5. The zero-order valence-electron chi connectivity index (χ0n) is 23.9. The second-order valence-electron chi connectivity index (χ2n) is 10.5. The summed E-state index contributed by atoms with van der Waals surface area (Å²) in [7, 11) is -0.969. The van der Waals surface area contributed by atoms with Crippen molar-refractivity contribution in [3.05, 3.63) is 71.3 Å². The summed E-state index contributed by atoms with van der Waals surface area (Å²) in [5.41, 5.74) is 3.32. The number of nitrogens with zero attached hydrogens (tertiary/aromatic N) is 4. The highest BCUT2D eigenvalue weighted by Gasteiger charge is 2.33. The number of pyridine rings is 2. The van der Waals surface area contributed by atoms with E-state index in [9.17, 15) is 22.2 Å². The van der Waals surface area contributed by atoms with Gasteiger partial charge in [0, 0.05) is 67.6 Å². The number of alkyl halides is 3. The number of carbonyl (C=O) groups is 1. The van der Waals surface area contributed by atoms with Crippen molar-refractivity contribution < 1.29 is 26.9 Å². The number of anilines is 2. The molecular weight excluding hydrogens is 579 g/mol. The predicted molar refractivity (Wildman–Crippen MR) is 160 cm³/mol. The van der Waals surface area contributed by atoms with Gasteiger partial charge in [-0.25, -0.2) is 13.5 Å². The third kappa shape index (κ3) is 7.60. The average molecular weight is 612 g/mol. The van der Waals surface area contributed by atoms with E-state index in [-0.39, 0.29) is 11.5 Å². The van der Waals surface area contributed by atoms with Crippen LogP contribution in [0.15, 0.2) is 48.8 Å². The van der Waals surface area contributed by atoms with E-state index >= 15 is 0 Å². The molecule has 12 heteroatoms. The number of hydrogen-bond acceptors (Lipinski definition) is 6. The number of halogens is 3. The molecule has 0 aliphatic carbocycles. The number of amides is 1. The molecule has 2 aliphatic heterocycles. The Labute approximate surface area is 251 Å². The number of benzene rings is 1. The summed E-state index contributed by atoms with van der Waals surface area (Å²) >= 11 is 0. The van der Waals surface area contributed by atoms with Crippen LogP contribution in [0.4, 0.5) is 24.5 Å². The van der Waals surface area contributed by atoms with Crippen LogP contribution in [0.25, 0.3) is 11.1 Å². The van der Waals surface area contributed by atoms with Gasteiger partial charge in [-0.05, 0) is 67.1 Å². The highest BCUT2D eigenvalue weighted by molar-refractivity contribution is 7.81. The molecule has 1 amide bonds. The summed E-state index contributed by atoms with van der Waals surface area (Å²) < 4.78 is 58.6. The molecule has 43 heavy (non-hydrogen) atoms. The predicted octanol–water partition coefficient (Wildman–Crippen LogP) is 4.92. The van der Waals surface area contributed by atoms with E-state index in [1.807, 2.05) is 23.4 Å². The Morgan fingerprint density at radius 2 is 1.81 bits per heavy atom. The first-order chi connectivity index (χ1) is 20.6. The molecule has 0 radical (unpaired) electrons. The van der Waals surface area contributed by atoms with Gasteiger partial charge < -0.3 is 15.0 Å². The van der Waals surface area contributed by atoms with E-state index in [1.165, 1.54) is 6.07 Å². The van der Waals surface area contributed by atoms with Gasteiger partial charge in [0.05, 0.1) is 29.9 Å². The molecule has 2 fully saturated rings. The summed E-state index contributed by atoms with van der Waals surface area (Å²) in [6.45, 7) is 6.02. The maximum absolute atomic E-state index is 13.1. The number of aryl methyl sites for hydroxylation is 1. The monoisotopic (exact) mass is 611 g/mol. The minimum Gasteiger partial charge on any atom is -0.378 e. The number of piperidine rings is 1. The smallest absolute Gasteiger partial charge is 0.378 e. The molecule has 2 aliphatic rings. The van der Waals surface area contributed by atoms with Crippen LogP contribution in [0.1, 0.15) is 40.2 Å². The van der Waals surface area contributed by atoms with Crippen LogP contribution in [0, 0.1) is 24.7 Å². The van der Waals surface area contributed by atoms with Crippen molar-refractivity contribution in [2.24, 2.45) is 5.92 Å². The van der Waals surface area contributed by atoms with Crippen LogP contribution >= 0.6 is 0 Å². The largest absolute Gasteiger partial charge is 0.433 e. The fraction of sp³-hybridized carbons (Fsp3) is 0.387. The lowest BCUT2D eigenvalue weighted by atomic mass is 9.98. The summed E-state index contributed by atoms with van der Waals surface area (Å²) in [4.78, 5) is 23.1. The maximum atomic E-state index is 13.1. The maximum Gasteiger partial charge on any atom is 0.433 e. The number of aromatic nitrogens is 2. The Balaban J connectivity index is 1.41. The Hall–Kier alpha value is -3.79. The summed E-state index contributed by atoms with van der Waals surface area (Å²) in [6.07, 6.45) is 1.48. The zero-order chi connectivity index (χ0) is 30.6. The van der Waals surface area contributed by atoms with Crippen molar-refractivity contribution in [3.8, 4) is 23.0 Å². The molecule has 4 heterocycles. The molecule has 0 saturated carbocycles. The number of hydrogen-bond donors (Lipinski definition) is 1. The van der Waals surface area contributed by atoms with Gasteiger partial charge in [-0.3, -0.25) is 9.78 Å². The van der Waals surface area contributed by atoms with Crippen molar-refractivity contribution in [1.29, 1.82) is 0 Å². The first-order valence-electron chi connectivity index (χ1n) is 14.0. The second kappa shape index (κ2) is 13.2. The molecule has 0 bridgehead atoms. The van der Waals surface area contributed by atoms with Crippen molar-refractivity contribution in [2.75, 3.05) is 55.9 Å². The van der Waals surface area contributed by atoms with Crippen molar-refractivity contribution in [3.63, 3.8) is 0 Å². The van der Waals surface area contributed by atoms with Gasteiger partial charge in [-0.15, -0.1) is 0 Å². The fourth-order valence-electron chi connectivity index (χ4n) is 5.11. The highest BCUT2D eigenvalue weighted by atomic mass is 32.2. The van der Waals surface area contributed by atoms with Gasteiger partial charge in [0.1, 0.15) is 11.4 Å². The number of carbonyl (C=O) groups excluding carboxylic acids is 1. The van der Waals surface area contributed by atoms with E-state index in [0.29, 0.717) is 37.7 Å². The van der Waals surface area contributed by atoms with E-state index in [0.717, 1.165) is 60.6 Å². The van der Waals surface area contributed by atoms with Crippen LogP contribution in [-0.4, -0.2) is 70.0 Å².